The minimum absolute atomic E-state index is 0.377. The normalized spacial score (nSPS) is 21.5. The van der Waals surface area contributed by atoms with Gasteiger partial charge in [-0.25, -0.2) is 0 Å². The maximum Gasteiger partial charge on any atom is 0.475 e. The van der Waals surface area contributed by atoms with Crippen LogP contribution in [0.15, 0.2) is 0 Å². The molecule has 0 aromatic heterocycles. The molecule has 29 heavy (non-hydrogen) atoms. The zero-order valence-electron chi connectivity index (χ0n) is 18.9. The zero-order valence-corrected chi connectivity index (χ0v) is 18.9. The van der Waals surface area contributed by atoms with Crippen LogP contribution in [0.5, 0.6) is 0 Å². The third-order valence-electron chi connectivity index (χ3n) is 5.44. The summed E-state index contributed by atoms with van der Waals surface area (Å²) < 4.78 is 0. The molecule has 1 aliphatic carbocycles. The molecular formula is C21H44BN3O4. The molecule has 0 bridgehead atoms. The summed E-state index contributed by atoms with van der Waals surface area (Å²) in [5.74, 6) is 0.462. The summed E-state index contributed by atoms with van der Waals surface area (Å²) in [6.45, 7) is 9.34. The highest BCUT2D eigenvalue weighted by molar-refractivity contribution is 6.43. The number of amides is 2. The number of hydrogen-bond donors (Lipinski definition) is 3. The highest BCUT2D eigenvalue weighted by Gasteiger charge is 2.32. The Kier molecular flexibility index (Phi) is 17.0. The van der Waals surface area contributed by atoms with E-state index in [1.807, 2.05) is 20.8 Å². The third-order valence-corrected chi connectivity index (χ3v) is 5.44. The third kappa shape index (κ3) is 11.0. The van der Waals surface area contributed by atoms with Crippen LogP contribution < -0.4 is 5.73 Å². The Bertz CT molecular complexity index is 395. The van der Waals surface area contributed by atoms with Crippen molar-refractivity contribution in [1.82, 2.24) is 9.80 Å². The summed E-state index contributed by atoms with van der Waals surface area (Å²) in [6.07, 6.45) is 12.1. The Hall–Kier alpha value is -1.12. The van der Waals surface area contributed by atoms with E-state index >= 15 is 0 Å². The highest BCUT2D eigenvalue weighted by Crippen LogP contribution is 2.26. The molecule has 0 aromatic carbocycles. The molecule has 2 aliphatic heterocycles. The smallest absolute Gasteiger partial charge is 0.426 e. The van der Waals surface area contributed by atoms with Gasteiger partial charge in [0.2, 0.25) is 12.3 Å². The van der Waals surface area contributed by atoms with Crippen molar-refractivity contribution in [3.05, 3.63) is 0 Å². The van der Waals surface area contributed by atoms with Crippen molar-refractivity contribution in [3.8, 4) is 0 Å². The predicted molar refractivity (Wildman–Crippen MR) is 119 cm³/mol. The molecule has 2 saturated heterocycles. The Morgan fingerprint density at radius 1 is 0.966 bits per heavy atom. The van der Waals surface area contributed by atoms with Gasteiger partial charge in [-0.2, -0.15) is 0 Å². The molecule has 2 heterocycles. The van der Waals surface area contributed by atoms with Gasteiger partial charge in [0.25, 0.3) is 0 Å². The molecule has 170 valence electrons. The number of hydrogen-bond acceptors (Lipinski definition) is 5. The van der Waals surface area contributed by atoms with Crippen molar-refractivity contribution in [3.63, 3.8) is 0 Å². The van der Waals surface area contributed by atoms with Gasteiger partial charge in [-0.3, -0.25) is 9.59 Å². The lowest BCUT2D eigenvalue weighted by Crippen LogP contribution is -2.41. The van der Waals surface area contributed by atoms with Crippen LogP contribution in [-0.4, -0.2) is 71.4 Å². The van der Waals surface area contributed by atoms with Crippen LogP contribution in [0.3, 0.4) is 0 Å². The lowest BCUT2D eigenvalue weighted by atomic mass is 9.78. The molecule has 1 atom stereocenters. The standard InChI is InChI=1S/C12H21NO.C5H10BNO3.C2H7N.C2H6/c14-12(11-7-3-1-4-8-11)13-9-5-2-6-10-13;8-4-7-3-1-2-5(7)6(9)10;1-2-3;1-2/h11H,1-10H2;4-5,9-10H,1-3H2;2-3H2,1H3;1-2H3. The molecule has 0 spiro atoms. The first kappa shape index (κ1) is 27.9. The van der Waals surface area contributed by atoms with E-state index < -0.39 is 7.12 Å². The van der Waals surface area contributed by atoms with E-state index in [1.54, 1.807) is 0 Å². The van der Waals surface area contributed by atoms with Gasteiger partial charge in [-0.15, -0.1) is 0 Å². The molecule has 3 rings (SSSR count). The van der Waals surface area contributed by atoms with Gasteiger partial charge < -0.3 is 25.6 Å². The number of carbonyl (C=O) groups excluding carboxylic acids is 2. The summed E-state index contributed by atoms with van der Waals surface area (Å²) in [4.78, 5) is 25.8. The van der Waals surface area contributed by atoms with Gasteiger partial charge in [-0.05, 0) is 51.5 Å². The van der Waals surface area contributed by atoms with Gasteiger partial charge in [-0.1, -0.05) is 40.0 Å². The van der Waals surface area contributed by atoms with Gasteiger partial charge in [0, 0.05) is 25.6 Å². The van der Waals surface area contributed by atoms with Crippen molar-refractivity contribution < 1.29 is 19.6 Å². The van der Waals surface area contributed by atoms with E-state index in [0.717, 1.165) is 38.9 Å². The number of nitrogens with two attached hydrogens (primary N) is 1. The number of rotatable bonds is 3. The number of carbonyl (C=O) groups is 2. The van der Waals surface area contributed by atoms with Crippen molar-refractivity contribution >= 4 is 19.4 Å². The predicted octanol–water partition coefficient (Wildman–Crippen LogP) is 2.19. The monoisotopic (exact) mass is 413 g/mol. The molecule has 3 aliphatic rings. The van der Waals surface area contributed by atoms with Gasteiger partial charge in [0.05, 0.1) is 5.94 Å². The fourth-order valence-corrected chi connectivity index (χ4v) is 3.99. The Balaban J connectivity index is 0.000000459. The largest absolute Gasteiger partial charge is 0.475 e. The first-order chi connectivity index (χ1) is 14.0. The average molecular weight is 413 g/mol. The summed E-state index contributed by atoms with van der Waals surface area (Å²) in [5, 5.41) is 17.4. The van der Waals surface area contributed by atoms with Crippen molar-refractivity contribution in [2.45, 2.75) is 90.9 Å². The molecule has 0 radical (unpaired) electrons. The van der Waals surface area contributed by atoms with E-state index in [4.69, 9.17) is 15.8 Å². The highest BCUT2D eigenvalue weighted by atomic mass is 16.4. The van der Waals surface area contributed by atoms with E-state index in [1.165, 1.54) is 43.4 Å². The van der Waals surface area contributed by atoms with Crippen LogP contribution in [0.2, 0.25) is 0 Å². The van der Waals surface area contributed by atoms with Gasteiger partial charge >= 0.3 is 7.12 Å². The minimum atomic E-state index is -1.38. The Morgan fingerprint density at radius 3 is 1.93 bits per heavy atom. The molecule has 1 saturated carbocycles. The van der Waals surface area contributed by atoms with Crippen LogP contribution in [0.25, 0.3) is 0 Å². The van der Waals surface area contributed by atoms with Crippen LogP contribution in [0, 0.1) is 5.92 Å². The first-order valence-electron chi connectivity index (χ1n) is 11.6. The summed E-state index contributed by atoms with van der Waals surface area (Å²) in [7, 11) is -1.38. The number of piperidine rings is 1. The second-order valence-corrected chi connectivity index (χ2v) is 7.60. The van der Waals surface area contributed by atoms with E-state index in [0.29, 0.717) is 31.2 Å². The summed E-state index contributed by atoms with van der Waals surface area (Å²) in [5.41, 5.74) is 4.85. The van der Waals surface area contributed by atoms with Crippen LogP contribution in [0.4, 0.5) is 0 Å². The van der Waals surface area contributed by atoms with E-state index in [9.17, 15) is 9.59 Å². The van der Waals surface area contributed by atoms with Gasteiger partial charge in [0.15, 0.2) is 0 Å². The first-order valence-corrected chi connectivity index (χ1v) is 11.6. The molecular weight excluding hydrogens is 369 g/mol. The van der Waals surface area contributed by atoms with Crippen molar-refractivity contribution in [1.29, 1.82) is 0 Å². The molecule has 7 nitrogen and oxygen atoms in total. The maximum absolute atomic E-state index is 12.1. The molecule has 4 N–H and O–H groups in total. The van der Waals surface area contributed by atoms with Crippen LogP contribution in [-0.2, 0) is 9.59 Å². The molecule has 1 unspecified atom stereocenters. The lowest BCUT2D eigenvalue weighted by molar-refractivity contribution is -0.137. The molecule has 2 amide bonds. The molecule has 3 fully saturated rings. The fourth-order valence-electron chi connectivity index (χ4n) is 3.99. The Morgan fingerprint density at radius 2 is 1.48 bits per heavy atom. The average Bonchev–Trinajstić information content (AvgIpc) is 3.26. The number of likely N-dealkylation sites (tertiary alicyclic amines) is 2. The van der Waals surface area contributed by atoms with E-state index in [2.05, 4.69) is 4.90 Å². The summed E-state index contributed by atoms with van der Waals surface area (Å²) in [6, 6.07) is 0. The quantitative estimate of drug-likeness (QED) is 0.486. The maximum atomic E-state index is 12.1. The number of nitrogens with zero attached hydrogens (tertiary/aromatic N) is 2. The molecule has 0 aromatic rings. The SMILES string of the molecule is CC.CCN.O=C(C1CCCCC1)N1CCCCC1.O=CN1CCCC1B(O)O. The van der Waals surface area contributed by atoms with Crippen LogP contribution in [0.1, 0.15) is 85.0 Å². The van der Waals surface area contributed by atoms with Crippen molar-refractivity contribution in [2.75, 3.05) is 26.2 Å². The Labute approximate surface area is 178 Å². The molecule has 8 heteroatoms. The summed E-state index contributed by atoms with van der Waals surface area (Å²) >= 11 is 0. The second-order valence-electron chi connectivity index (χ2n) is 7.60. The fraction of sp³-hybridized carbons (Fsp3) is 0.905. The van der Waals surface area contributed by atoms with Crippen LogP contribution >= 0.6 is 0 Å². The zero-order chi connectivity index (χ0) is 22.1. The van der Waals surface area contributed by atoms with E-state index in [-0.39, 0.29) is 5.94 Å². The minimum Gasteiger partial charge on any atom is -0.426 e. The second kappa shape index (κ2) is 17.7. The lowest BCUT2D eigenvalue weighted by Gasteiger charge is -2.31. The topological polar surface area (TPSA) is 107 Å². The van der Waals surface area contributed by atoms with Crippen molar-refractivity contribution in [2.24, 2.45) is 11.7 Å². The van der Waals surface area contributed by atoms with Gasteiger partial charge in [0.1, 0.15) is 0 Å².